The van der Waals surface area contributed by atoms with Gasteiger partial charge in [-0.3, -0.25) is 0 Å². The summed E-state index contributed by atoms with van der Waals surface area (Å²) in [5.74, 6) is 0. The number of hydrogen-bond donors (Lipinski definition) is 8. The fraction of sp³-hybridized carbons (Fsp3) is 0.586. The normalized spacial score (nSPS) is 12.1. The van der Waals surface area contributed by atoms with Gasteiger partial charge in [-0.25, -0.2) is 4.31 Å². The maximum atomic E-state index is 12.6. The average Bonchev–Trinajstić information content (AvgIpc) is 2.94. The average molecular weight is 603 g/mol. The van der Waals surface area contributed by atoms with E-state index in [1.807, 2.05) is 48.5 Å². The molecular formula is C29H48O9P2. The molecule has 0 aliphatic carbocycles. The molecular weight excluding hydrogens is 554 g/mol. The zero-order valence-corrected chi connectivity index (χ0v) is 25.5. The van der Waals surface area contributed by atoms with Crippen LogP contribution in [-0.2, 0) is 22.8 Å². The highest BCUT2D eigenvalue weighted by atomic mass is 31.2. The van der Waals surface area contributed by atoms with Gasteiger partial charge in [0, 0.05) is 0 Å². The first-order chi connectivity index (χ1) is 19.2. The van der Waals surface area contributed by atoms with Gasteiger partial charge in [-0.1, -0.05) is 101 Å². The summed E-state index contributed by atoms with van der Waals surface area (Å²) in [4.78, 5) is 31.3. The molecule has 0 heterocycles. The molecule has 0 unspecified atom stereocenters. The predicted octanol–water partition coefficient (Wildman–Crippen LogP) is 4.56. The molecule has 0 saturated carbocycles. The Kier molecular flexibility index (Phi) is 18.4. The van der Waals surface area contributed by atoms with E-state index in [1.165, 1.54) is 12.8 Å². The van der Waals surface area contributed by atoms with Crippen molar-refractivity contribution in [3.8, 4) is 0 Å². The Balaban J connectivity index is 0.00000101. The summed E-state index contributed by atoms with van der Waals surface area (Å²) in [7, 11) is -5.22. The Morgan fingerprint density at radius 3 is 1.27 bits per heavy atom. The SMILES string of the molecule is CCCCCCc1ccccc1C(O)(c1ccccc1CCCCCC)C(CO)(CO)CO.OP(O)OP(O)O. The first-order valence-corrected chi connectivity index (χ1v) is 16.3. The van der Waals surface area contributed by atoms with E-state index in [4.69, 9.17) is 19.6 Å². The number of benzene rings is 2. The fourth-order valence-electron chi connectivity index (χ4n) is 4.94. The van der Waals surface area contributed by atoms with Gasteiger partial charge in [0.1, 0.15) is 5.60 Å². The number of aryl methyl sites for hydroxylation is 2. The molecule has 11 heteroatoms. The summed E-state index contributed by atoms with van der Waals surface area (Å²) in [5.41, 5.74) is 0.0764. The molecule has 0 bridgehead atoms. The van der Waals surface area contributed by atoms with E-state index < -0.39 is 48.0 Å². The van der Waals surface area contributed by atoms with Crippen LogP contribution < -0.4 is 0 Å². The van der Waals surface area contributed by atoms with Gasteiger partial charge >= 0.3 is 17.2 Å². The molecule has 0 aromatic heterocycles. The van der Waals surface area contributed by atoms with E-state index >= 15 is 0 Å². The molecule has 0 radical (unpaired) electrons. The number of rotatable bonds is 18. The number of aliphatic hydroxyl groups is 4. The van der Waals surface area contributed by atoms with Crippen molar-refractivity contribution >= 4 is 17.2 Å². The van der Waals surface area contributed by atoms with E-state index in [-0.39, 0.29) is 0 Å². The highest BCUT2D eigenvalue weighted by Crippen LogP contribution is 2.48. The Morgan fingerprint density at radius 1 is 0.600 bits per heavy atom. The summed E-state index contributed by atoms with van der Waals surface area (Å²) in [6, 6.07) is 15.5. The Morgan fingerprint density at radius 2 is 0.975 bits per heavy atom. The van der Waals surface area contributed by atoms with E-state index in [1.54, 1.807) is 0 Å². The summed E-state index contributed by atoms with van der Waals surface area (Å²) in [6.07, 6.45) is 10.5. The van der Waals surface area contributed by atoms with Crippen LogP contribution in [-0.4, -0.2) is 59.8 Å². The van der Waals surface area contributed by atoms with Gasteiger partial charge in [-0.05, 0) is 47.9 Å². The Hall–Kier alpha value is -1.06. The van der Waals surface area contributed by atoms with Crippen LogP contribution in [0.1, 0.15) is 87.5 Å². The molecule has 0 saturated heterocycles. The Labute approximate surface area is 241 Å². The van der Waals surface area contributed by atoms with Crippen LogP contribution in [0.5, 0.6) is 0 Å². The first kappa shape index (κ1) is 37.0. The summed E-state index contributed by atoms with van der Waals surface area (Å²) < 4.78 is 3.60. The third kappa shape index (κ3) is 10.6. The van der Waals surface area contributed by atoms with Gasteiger partial charge in [-0.15, -0.1) is 0 Å². The van der Waals surface area contributed by atoms with Gasteiger partial charge in [0.05, 0.1) is 25.2 Å². The lowest BCUT2D eigenvalue weighted by Crippen LogP contribution is -2.55. The summed E-state index contributed by atoms with van der Waals surface area (Å²) in [6.45, 7) is 2.75. The van der Waals surface area contributed by atoms with Crippen LogP contribution in [0.3, 0.4) is 0 Å². The van der Waals surface area contributed by atoms with Gasteiger partial charge < -0.3 is 40.0 Å². The molecule has 2 rings (SSSR count). The van der Waals surface area contributed by atoms with Gasteiger partial charge in [0.15, 0.2) is 0 Å². The third-order valence-electron chi connectivity index (χ3n) is 7.24. The van der Waals surface area contributed by atoms with Crippen LogP contribution in [0, 0.1) is 5.41 Å². The van der Waals surface area contributed by atoms with Crippen LogP contribution in [0.15, 0.2) is 48.5 Å². The maximum absolute atomic E-state index is 12.6. The number of hydrogen-bond acceptors (Lipinski definition) is 9. The molecule has 0 aliphatic rings. The molecule has 0 amide bonds. The van der Waals surface area contributed by atoms with Crippen LogP contribution >= 0.6 is 17.2 Å². The number of unbranched alkanes of at least 4 members (excludes halogenated alkanes) is 6. The minimum atomic E-state index is -2.61. The van der Waals surface area contributed by atoms with Crippen molar-refractivity contribution < 1.29 is 44.3 Å². The van der Waals surface area contributed by atoms with Crippen molar-refractivity contribution in [1.82, 2.24) is 0 Å². The van der Waals surface area contributed by atoms with Crippen molar-refractivity contribution in [2.24, 2.45) is 5.41 Å². The van der Waals surface area contributed by atoms with Crippen LogP contribution in [0.4, 0.5) is 0 Å². The highest BCUT2D eigenvalue weighted by molar-refractivity contribution is 7.53. The lowest BCUT2D eigenvalue weighted by atomic mass is 9.63. The van der Waals surface area contributed by atoms with Crippen molar-refractivity contribution in [3.63, 3.8) is 0 Å². The Bertz CT molecular complexity index is 869. The second-order valence-electron chi connectivity index (χ2n) is 9.99. The van der Waals surface area contributed by atoms with E-state index in [9.17, 15) is 20.4 Å². The summed E-state index contributed by atoms with van der Waals surface area (Å²) in [5, 5.41) is 43.8. The molecule has 8 N–H and O–H groups in total. The minimum absolute atomic E-state index is 0.537. The molecule has 0 atom stereocenters. The molecule has 2 aromatic carbocycles. The molecule has 0 fully saturated rings. The molecule has 0 aliphatic heterocycles. The van der Waals surface area contributed by atoms with Crippen molar-refractivity contribution in [2.75, 3.05) is 19.8 Å². The van der Waals surface area contributed by atoms with E-state index in [2.05, 4.69) is 18.2 Å². The van der Waals surface area contributed by atoms with E-state index in [0.29, 0.717) is 11.1 Å². The lowest BCUT2D eigenvalue weighted by Gasteiger charge is -2.46. The second-order valence-corrected chi connectivity index (χ2v) is 11.7. The largest absolute Gasteiger partial charge is 0.395 e. The standard InChI is InChI=1S/C29H44O4.H4O5P2/c1-3-5-7-9-15-24-17-11-13-19-26(24)29(33,28(21-30,22-31)23-32)27-20-14-12-18-25(27)16-10-8-6-4-2;1-6(2)5-7(3)4/h11-14,17-20,30-33H,3-10,15-16,21-23H2,1-2H3;1-4H. The van der Waals surface area contributed by atoms with Crippen molar-refractivity contribution in [3.05, 3.63) is 70.8 Å². The lowest BCUT2D eigenvalue weighted by molar-refractivity contribution is -0.136. The minimum Gasteiger partial charge on any atom is -0.395 e. The van der Waals surface area contributed by atoms with E-state index in [0.717, 1.165) is 62.5 Å². The quantitative estimate of drug-likeness (QED) is 0.0900. The fourth-order valence-corrected chi connectivity index (χ4v) is 5.46. The smallest absolute Gasteiger partial charge is 0.334 e. The topological polar surface area (TPSA) is 171 Å². The zero-order chi connectivity index (χ0) is 30.0. The molecule has 0 spiro atoms. The molecule has 9 nitrogen and oxygen atoms in total. The monoisotopic (exact) mass is 602 g/mol. The third-order valence-corrected chi connectivity index (χ3v) is 8.40. The van der Waals surface area contributed by atoms with Gasteiger partial charge in [-0.2, -0.15) is 0 Å². The first-order valence-electron chi connectivity index (χ1n) is 13.9. The molecule has 228 valence electrons. The van der Waals surface area contributed by atoms with Crippen LogP contribution in [0.2, 0.25) is 0 Å². The summed E-state index contributed by atoms with van der Waals surface area (Å²) >= 11 is 0. The maximum Gasteiger partial charge on any atom is 0.334 e. The van der Waals surface area contributed by atoms with Gasteiger partial charge in [0.2, 0.25) is 0 Å². The second kappa shape index (κ2) is 20.0. The zero-order valence-electron chi connectivity index (χ0n) is 23.7. The van der Waals surface area contributed by atoms with Gasteiger partial charge in [0.25, 0.3) is 0 Å². The van der Waals surface area contributed by atoms with Crippen molar-refractivity contribution in [2.45, 2.75) is 83.7 Å². The van der Waals surface area contributed by atoms with Crippen LogP contribution in [0.25, 0.3) is 0 Å². The van der Waals surface area contributed by atoms with Crippen molar-refractivity contribution in [1.29, 1.82) is 0 Å². The molecule has 2 aromatic rings. The highest BCUT2D eigenvalue weighted by Gasteiger charge is 2.53. The predicted molar refractivity (Wildman–Crippen MR) is 159 cm³/mol. The number of aliphatic hydroxyl groups excluding tert-OH is 3. The molecule has 40 heavy (non-hydrogen) atoms.